The van der Waals surface area contributed by atoms with E-state index in [0.717, 1.165) is 22.2 Å². The molecule has 0 amide bonds. The molecule has 4 heterocycles. The molecule has 1 atom stereocenters. The number of rotatable bonds is 4. The van der Waals surface area contributed by atoms with E-state index in [2.05, 4.69) is 53.7 Å². The van der Waals surface area contributed by atoms with Gasteiger partial charge < -0.3 is 5.32 Å². The van der Waals surface area contributed by atoms with Crippen molar-refractivity contribution in [2.24, 2.45) is 10.2 Å². The molecule has 0 bridgehead atoms. The van der Waals surface area contributed by atoms with Crippen LogP contribution in [-0.4, -0.2) is 19.9 Å². The van der Waals surface area contributed by atoms with Crippen LogP contribution in [0.1, 0.15) is 17.3 Å². The van der Waals surface area contributed by atoms with Crippen molar-refractivity contribution in [2.45, 2.75) is 12.5 Å². The lowest BCUT2D eigenvalue weighted by Crippen LogP contribution is -2.04. The second kappa shape index (κ2) is 6.94. The van der Waals surface area contributed by atoms with Crippen LogP contribution in [0.4, 0.5) is 17.5 Å². The van der Waals surface area contributed by atoms with E-state index in [0.29, 0.717) is 28.9 Å². The minimum atomic E-state index is -0.175. The Kier molecular flexibility index (Phi) is 4.14. The number of hydrogen-bond donors (Lipinski definition) is 1. The van der Waals surface area contributed by atoms with Crippen LogP contribution in [0.5, 0.6) is 0 Å². The van der Waals surface area contributed by atoms with Crippen LogP contribution in [0.3, 0.4) is 0 Å². The highest BCUT2D eigenvalue weighted by Gasteiger charge is 2.24. The molecule has 1 N–H and O–H groups in total. The van der Waals surface area contributed by atoms with Crippen molar-refractivity contribution >= 4 is 40.0 Å². The number of hydrogen-bond acceptors (Lipinski definition) is 7. The molecule has 7 nitrogen and oxygen atoms in total. The van der Waals surface area contributed by atoms with Gasteiger partial charge in [-0.2, -0.15) is 5.11 Å². The Bertz CT molecular complexity index is 1210. The van der Waals surface area contributed by atoms with Gasteiger partial charge in [-0.1, -0.05) is 23.7 Å². The van der Waals surface area contributed by atoms with Crippen LogP contribution in [0, 0.1) is 0 Å². The van der Waals surface area contributed by atoms with Crippen molar-refractivity contribution in [1.82, 2.24) is 19.9 Å². The van der Waals surface area contributed by atoms with E-state index in [-0.39, 0.29) is 6.04 Å². The number of halogens is 1. The summed E-state index contributed by atoms with van der Waals surface area (Å²) in [5.41, 5.74) is 2.87. The highest BCUT2D eigenvalue weighted by atomic mass is 35.5. The van der Waals surface area contributed by atoms with Crippen molar-refractivity contribution in [1.29, 1.82) is 0 Å². The molecular formula is C20H14ClN7. The maximum absolute atomic E-state index is 6.01. The van der Waals surface area contributed by atoms with Gasteiger partial charge in [0.05, 0.1) is 11.7 Å². The summed E-state index contributed by atoms with van der Waals surface area (Å²) in [5.74, 6) is 1.73. The summed E-state index contributed by atoms with van der Waals surface area (Å²) in [6, 6.07) is 13.5. The molecule has 28 heavy (non-hydrogen) atoms. The van der Waals surface area contributed by atoms with Crippen molar-refractivity contribution in [3.05, 3.63) is 77.3 Å². The molecule has 1 unspecified atom stereocenters. The third-order valence-corrected chi connectivity index (χ3v) is 4.70. The SMILES string of the molecule is Clc1ccnc(Nc2cnc3c(n2)C(Cc2ccc4ncccc4c2)N=N3)c1. The average Bonchev–Trinajstić information content (AvgIpc) is 3.10. The number of fused-ring (bicyclic) bond motifs is 2. The highest BCUT2D eigenvalue weighted by molar-refractivity contribution is 6.30. The molecule has 136 valence electrons. The first-order chi connectivity index (χ1) is 13.7. The summed E-state index contributed by atoms with van der Waals surface area (Å²) < 4.78 is 0. The first-order valence-corrected chi connectivity index (χ1v) is 9.12. The van der Waals surface area contributed by atoms with E-state index < -0.39 is 0 Å². The van der Waals surface area contributed by atoms with Crippen molar-refractivity contribution in [3.8, 4) is 0 Å². The summed E-state index contributed by atoms with van der Waals surface area (Å²) in [6.07, 6.45) is 5.73. The summed E-state index contributed by atoms with van der Waals surface area (Å²) in [7, 11) is 0. The Labute approximate surface area is 165 Å². The number of benzene rings is 1. The molecule has 0 aliphatic carbocycles. The topological polar surface area (TPSA) is 88.3 Å². The van der Waals surface area contributed by atoms with Gasteiger partial charge in [0.2, 0.25) is 0 Å². The van der Waals surface area contributed by atoms with Gasteiger partial charge in [0.1, 0.15) is 17.6 Å². The second-order valence-electron chi connectivity index (χ2n) is 6.41. The predicted molar refractivity (Wildman–Crippen MR) is 107 cm³/mol. The smallest absolute Gasteiger partial charge is 0.198 e. The molecule has 0 fully saturated rings. The normalized spacial score (nSPS) is 15.0. The third-order valence-electron chi connectivity index (χ3n) is 4.46. The molecule has 0 spiro atoms. The van der Waals surface area contributed by atoms with Gasteiger partial charge in [-0.3, -0.25) is 4.98 Å². The summed E-state index contributed by atoms with van der Waals surface area (Å²) in [5, 5.41) is 13.4. The summed E-state index contributed by atoms with van der Waals surface area (Å²) in [6.45, 7) is 0. The summed E-state index contributed by atoms with van der Waals surface area (Å²) in [4.78, 5) is 17.6. The van der Waals surface area contributed by atoms with Crippen LogP contribution in [0.2, 0.25) is 5.02 Å². The molecular weight excluding hydrogens is 374 g/mol. The molecule has 0 saturated heterocycles. The highest BCUT2D eigenvalue weighted by Crippen LogP contribution is 2.36. The Hall–Kier alpha value is -3.45. The molecule has 0 saturated carbocycles. The van der Waals surface area contributed by atoms with Crippen LogP contribution >= 0.6 is 11.6 Å². The van der Waals surface area contributed by atoms with Gasteiger partial charge in [-0.15, -0.1) is 5.11 Å². The molecule has 3 aromatic heterocycles. The number of aromatic nitrogens is 4. The standard InChI is InChI=1S/C20H14ClN7/c21-14-5-7-23-17(10-14)25-18-11-24-20-19(26-18)16(27-28-20)9-12-3-4-15-13(8-12)2-1-6-22-15/h1-8,10-11,16H,9H2,(H,23,25,26). The number of nitrogens with zero attached hydrogens (tertiary/aromatic N) is 6. The number of nitrogens with one attached hydrogen (secondary N) is 1. The minimum Gasteiger partial charge on any atom is -0.324 e. The average molecular weight is 388 g/mol. The molecule has 1 aromatic carbocycles. The zero-order valence-electron chi connectivity index (χ0n) is 14.6. The van der Waals surface area contributed by atoms with E-state index >= 15 is 0 Å². The van der Waals surface area contributed by atoms with E-state index in [4.69, 9.17) is 11.6 Å². The molecule has 1 aliphatic rings. The van der Waals surface area contributed by atoms with E-state index in [9.17, 15) is 0 Å². The number of azo groups is 1. The van der Waals surface area contributed by atoms with Crippen LogP contribution < -0.4 is 5.32 Å². The lowest BCUT2D eigenvalue weighted by molar-refractivity contribution is 0.700. The molecule has 5 rings (SSSR count). The maximum Gasteiger partial charge on any atom is 0.198 e. The quantitative estimate of drug-likeness (QED) is 0.520. The monoisotopic (exact) mass is 387 g/mol. The Morgan fingerprint density at radius 2 is 1.93 bits per heavy atom. The fraction of sp³-hybridized carbons (Fsp3) is 0.100. The van der Waals surface area contributed by atoms with Gasteiger partial charge in [0, 0.05) is 29.2 Å². The Balaban J connectivity index is 1.40. The fourth-order valence-corrected chi connectivity index (χ4v) is 3.31. The van der Waals surface area contributed by atoms with Crippen molar-refractivity contribution in [3.63, 3.8) is 0 Å². The van der Waals surface area contributed by atoms with Gasteiger partial charge in [0.15, 0.2) is 11.6 Å². The largest absolute Gasteiger partial charge is 0.324 e. The predicted octanol–water partition coefficient (Wildman–Crippen LogP) is 5.20. The zero-order chi connectivity index (χ0) is 18.9. The van der Waals surface area contributed by atoms with Crippen LogP contribution in [0.25, 0.3) is 10.9 Å². The Morgan fingerprint density at radius 3 is 2.86 bits per heavy atom. The molecule has 1 aliphatic heterocycles. The molecule has 8 heteroatoms. The molecule has 0 radical (unpaired) electrons. The van der Waals surface area contributed by atoms with Gasteiger partial charge in [-0.05, 0) is 35.9 Å². The van der Waals surface area contributed by atoms with Crippen molar-refractivity contribution in [2.75, 3.05) is 5.32 Å². The second-order valence-corrected chi connectivity index (χ2v) is 6.85. The first-order valence-electron chi connectivity index (χ1n) is 8.75. The lowest BCUT2D eigenvalue weighted by atomic mass is 10.0. The minimum absolute atomic E-state index is 0.175. The molecule has 4 aromatic rings. The van der Waals surface area contributed by atoms with Gasteiger partial charge in [0.25, 0.3) is 0 Å². The van der Waals surface area contributed by atoms with Crippen molar-refractivity contribution < 1.29 is 0 Å². The third kappa shape index (κ3) is 3.27. The zero-order valence-corrected chi connectivity index (χ0v) is 15.4. The maximum atomic E-state index is 6.01. The summed E-state index contributed by atoms with van der Waals surface area (Å²) >= 11 is 6.01. The lowest BCUT2D eigenvalue weighted by Gasteiger charge is -2.10. The number of pyridine rings is 2. The van der Waals surface area contributed by atoms with Crippen LogP contribution in [0.15, 0.2) is 71.3 Å². The number of anilines is 2. The van der Waals surface area contributed by atoms with Gasteiger partial charge >= 0.3 is 0 Å². The van der Waals surface area contributed by atoms with E-state index in [1.165, 1.54) is 0 Å². The fourth-order valence-electron chi connectivity index (χ4n) is 3.15. The van der Waals surface area contributed by atoms with E-state index in [1.807, 2.05) is 12.1 Å². The van der Waals surface area contributed by atoms with Crippen LogP contribution in [-0.2, 0) is 6.42 Å². The van der Waals surface area contributed by atoms with Gasteiger partial charge in [-0.25, -0.2) is 15.0 Å². The van der Waals surface area contributed by atoms with E-state index in [1.54, 1.807) is 30.7 Å². The Morgan fingerprint density at radius 1 is 0.964 bits per heavy atom. The first kappa shape index (κ1) is 16.7.